The normalized spacial score (nSPS) is 12.7. The van der Waals surface area contributed by atoms with Crippen molar-refractivity contribution >= 4 is 11.9 Å². The Balaban J connectivity index is 3.42. The van der Waals surface area contributed by atoms with Crippen molar-refractivity contribution in [1.82, 2.24) is 5.32 Å². The second kappa shape index (κ2) is 61.9. The molecule has 0 bridgehead atoms. The quantitative estimate of drug-likeness (QED) is 0.0320. The third-order valence-corrected chi connectivity index (χ3v) is 15.2. The number of carbonyl (C=O) groups is 2. The maximum Gasteiger partial charge on any atom is 0.305 e. The van der Waals surface area contributed by atoms with Crippen LogP contribution in [0.15, 0.2) is 24.3 Å². The van der Waals surface area contributed by atoms with Gasteiger partial charge in [0.05, 0.1) is 25.4 Å². The molecular formula is C66H127NO5. The third-order valence-electron chi connectivity index (χ3n) is 15.2. The van der Waals surface area contributed by atoms with Gasteiger partial charge in [0.1, 0.15) is 0 Å². The molecule has 2 atom stereocenters. The lowest BCUT2D eigenvalue weighted by atomic mass is 10.0. The van der Waals surface area contributed by atoms with Crippen molar-refractivity contribution in [3.63, 3.8) is 0 Å². The number of nitrogens with one attached hydrogen (secondary N) is 1. The first-order valence-electron chi connectivity index (χ1n) is 32.6. The number of esters is 1. The smallest absolute Gasteiger partial charge is 0.305 e. The molecule has 1 amide bonds. The number of unbranched alkanes of at least 4 members (excludes halogenated alkanes) is 48. The van der Waals surface area contributed by atoms with Crippen LogP contribution in [0, 0.1) is 0 Å². The van der Waals surface area contributed by atoms with E-state index in [2.05, 4.69) is 31.3 Å². The fraction of sp³-hybridized carbons (Fsp3) is 0.909. The zero-order chi connectivity index (χ0) is 52.2. The van der Waals surface area contributed by atoms with Crippen molar-refractivity contribution in [2.24, 2.45) is 0 Å². The lowest BCUT2D eigenvalue weighted by Crippen LogP contribution is -2.45. The Labute approximate surface area is 450 Å². The number of aliphatic hydroxyl groups is 2. The molecule has 72 heavy (non-hydrogen) atoms. The predicted octanol–water partition coefficient (Wildman–Crippen LogP) is 20.6. The minimum atomic E-state index is -0.847. The average molecular weight is 1010 g/mol. The summed E-state index contributed by atoms with van der Waals surface area (Å²) in [4.78, 5) is 24.5. The molecule has 0 heterocycles. The largest absolute Gasteiger partial charge is 0.466 e. The van der Waals surface area contributed by atoms with Crippen LogP contribution in [0.4, 0.5) is 0 Å². The van der Waals surface area contributed by atoms with Gasteiger partial charge in [-0.2, -0.15) is 0 Å². The van der Waals surface area contributed by atoms with Crippen LogP contribution in [0.5, 0.6) is 0 Å². The summed E-state index contributed by atoms with van der Waals surface area (Å²) in [7, 11) is 0. The van der Waals surface area contributed by atoms with Crippen molar-refractivity contribution in [1.29, 1.82) is 0 Å². The van der Waals surface area contributed by atoms with E-state index < -0.39 is 12.1 Å². The summed E-state index contributed by atoms with van der Waals surface area (Å²) >= 11 is 0. The van der Waals surface area contributed by atoms with E-state index in [0.29, 0.717) is 19.4 Å². The lowest BCUT2D eigenvalue weighted by Gasteiger charge is -2.20. The summed E-state index contributed by atoms with van der Waals surface area (Å²) in [5, 5.41) is 23.2. The van der Waals surface area contributed by atoms with E-state index >= 15 is 0 Å². The van der Waals surface area contributed by atoms with E-state index in [9.17, 15) is 19.8 Å². The average Bonchev–Trinajstić information content (AvgIpc) is 3.38. The Morgan fingerprint density at radius 1 is 0.375 bits per heavy atom. The highest BCUT2D eigenvalue weighted by Crippen LogP contribution is 2.18. The first-order chi connectivity index (χ1) is 35.5. The topological polar surface area (TPSA) is 95.9 Å². The number of rotatable bonds is 61. The van der Waals surface area contributed by atoms with Gasteiger partial charge in [0.2, 0.25) is 5.91 Å². The van der Waals surface area contributed by atoms with E-state index in [1.807, 2.05) is 6.08 Å². The zero-order valence-electron chi connectivity index (χ0n) is 48.7. The molecule has 0 aromatic heterocycles. The van der Waals surface area contributed by atoms with Gasteiger partial charge < -0.3 is 20.3 Å². The molecule has 0 saturated carbocycles. The Morgan fingerprint density at radius 3 is 0.986 bits per heavy atom. The second-order valence-corrected chi connectivity index (χ2v) is 22.5. The molecule has 0 saturated heterocycles. The number of amides is 1. The Bertz CT molecular complexity index is 1120. The van der Waals surface area contributed by atoms with E-state index in [1.54, 1.807) is 6.08 Å². The molecule has 0 aliphatic heterocycles. The van der Waals surface area contributed by atoms with Crippen LogP contribution in [0.1, 0.15) is 361 Å². The summed E-state index contributed by atoms with van der Waals surface area (Å²) in [5.74, 6) is -0.0556. The van der Waals surface area contributed by atoms with Crippen LogP contribution in [0.25, 0.3) is 0 Å². The molecule has 6 nitrogen and oxygen atoms in total. The Kier molecular flexibility index (Phi) is 60.5. The summed E-state index contributed by atoms with van der Waals surface area (Å²) in [6.45, 7) is 4.93. The summed E-state index contributed by atoms with van der Waals surface area (Å²) in [6.07, 6.45) is 76.6. The number of hydrogen-bond donors (Lipinski definition) is 3. The SMILES string of the molecule is CCCCCCCCCCCCCCCCCC/C=C/C(O)C(CO)NC(=O)CCCCCCCCCC/C=C\CCCCCCCCCCCCCCOC(=O)CCCCCCCCCCCCCCC. The third kappa shape index (κ3) is 57.6. The van der Waals surface area contributed by atoms with Crippen LogP contribution in [0.3, 0.4) is 0 Å². The number of allylic oxidation sites excluding steroid dienone is 3. The van der Waals surface area contributed by atoms with E-state index in [0.717, 1.165) is 38.5 Å². The van der Waals surface area contributed by atoms with Crippen molar-refractivity contribution in [2.75, 3.05) is 13.2 Å². The maximum absolute atomic E-state index is 12.5. The van der Waals surface area contributed by atoms with Crippen molar-refractivity contribution in [3.05, 3.63) is 24.3 Å². The Morgan fingerprint density at radius 2 is 0.653 bits per heavy atom. The van der Waals surface area contributed by atoms with Gasteiger partial charge in [0, 0.05) is 12.8 Å². The van der Waals surface area contributed by atoms with Gasteiger partial charge in [-0.15, -0.1) is 0 Å². The van der Waals surface area contributed by atoms with E-state index in [4.69, 9.17) is 4.74 Å². The minimum Gasteiger partial charge on any atom is -0.466 e. The molecular weight excluding hydrogens is 887 g/mol. The van der Waals surface area contributed by atoms with Crippen LogP contribution < -0.4 is 5.32 Å². The molecule has 0 spiro atoms. The molecule has 0 aromatic carbocycles. The fourth-order valence-electron chi connectivity index (χ4n) is 10.2. The van der Waals surface area contributed by atoms with Gasteiger partial charge in [0.25, 0.3) is 0 Å². The fourth-order valence-corrected chi connectivity index (χ4v) is 10.2. The molecule has 426 valence electrons. The van der Waals surface area contributed by atoms with Crippen LogP contribution in [-0.2, 0) is 14.3 Å². The number of aliphatic hydroxyl groups excluding tert-OH is 2. The monoisotopic (exact) mass is 1010 g/mol. The second-order valence-electron chi connectivity index (χ2n) is 22.5. The van der Waals surface area contributed by atoms with Gasteiger partial charge in [0.15, 0.2) is 0 Å². The highest BCUT2D eigenvalue weighted by molar-refractivity contribution is 5.76. The number of ether oxygens (including phenoxy) is 1. The summed E-state index contributed by atoms with van der Waals surface area (Å²) in [6, 6.07) is -0.631. The molecule has 6 heteroatoms. The van der Waals surface area contributed by atoms with E-state index in [-0.39, 0.29) is 18.5 Å². The van der Waals surface area contributed by atoms with Gasteiger partial charge >= 0.3 is 5.97 Å². The van der Waals surface area contributed by atoms with Crippen LogP contribution in [-0.4, -0.2) is 47.4 Å². The van der Waals surface area contributed by atoms with E-state index in [1.165, 1.54) is 295 Å². The summed E-state index contributed by atoms with van der Waals surface area (Å²) in [5.41, 5.74) is 0. The molecule has 0 rings (SSSR count). The molecule has 2 unspecified atom stereocenters. The molecule has 0 aliphatic carbocycles. The molecule has 0 radical (unpaired) electrons. The predicted molar refractivity (Wildman–Crippen MR) is 315 cm³/mol. The first-order valence-corrected chi connectivity index (χ1v) is 32.6. The summed E-state index contributed by atoms with van der Waals surface area (Å²) < 4.78 is 5.48. The van der Waals surface area contributed by atoms with Crippen LogP contribution in [0.2, 0.25) is 0 Å². The standard InChI is InChI=1S/C66H127NO5/c1-3-5-7-9-11-13-15-17-18-19-28-31-35-38-42-46-50-54-58-64(69)63(62-68)67-65(70)59-55-51-47-43-39-36-32-29-26-24-22-20-21-23-25-27-30-33-37-41-45-49-53-57-61-72-66(71)60-56-52-48-44-40-34-16-14-12-10-8-6-4-2/h22,24,54,58,63-64,68-69H,3-21,23,25-53,55-57,59-62H2,1-2H3,(H,67,70)/b24-22-,58-54+. The number of carbonyl (C=O) groups excluding carboxylic acids is 2. The van der Waals surface area contributed by atoms with Crippen LogP contribution >= 0.6 is 0 Å². The van der Waals surface area contributed by atoms with Crippen molar-refractivity contribution in [2.45, 2.75) is 373 Å². The minimum absolute atomic E-state index is 0.0140. The van der Waals surface area contributed by atoms with Crippen molar-refractivity contribution < 1.29 is 24.5 Å². The number of hydrogen-bond acceptors (Lipinski definition) is 5. The molecule has 0 aliphatic rings. The first kappa shape index (κ1) is 70.3. The van der Waals surface area contributed by atoms with Crippen molar-refractivity contribution in [3.8, 4) is 0 Å². The van der Waals surface area contributed by atoms with Gasteiger partial charge in [-0.3, -0.25) is 9.59 Å². The van der Waals surface area contributed by atoms with Gasteiger partial charge in [-0.25, -0.2) is 0 Å². The highest BCUT2D eigenvalue weighted by Gasteiger charge is 2.18. The highest BCUT2D eigenvalue weighted by atomic mass is 16.5. The van der Waals surface area contributed by atoms with Gasteiger partial charge in [-0.1, -0.05) is 314 Å². The zero-order valence-corrected chi connectivity index (χ0v) is 48.7. The molecule has 0 aromatic rings. The Hall–Kier alpha value is -1.66. The molecule has 0 fully saturated rings. The molecule has 3 N–H and O–H groups in total. The lowest BCUT2D eigenvalue weighted by molar-refractivity contribution is -0.143. The maximum atomic E-state index is 12.5. The van der Waals surface area contributed by atoms with Gasteiger partial charge in [-0.05, 0) is 57.8 Å².